The number of methoxy groups -OCH3 is 1. The molecular weight excluding hydrogens is 331 g/mol. The van der Waals surface area contributed by atoms with Gasteiger partial charge in [-0.05, 0) is 24.1 Å². The van der Waals surface area contributed by atoms with Crippen LogP contribution >= 0.6 is 0 Å². The van der Waals surface area contributed by atoms with Gasteiger partial charge in [0.25, 0.3) is 0 Å². The van der Waals surface area contributed by atoms with E-state index in [1.807, 2.05) is 0 Å². The van der Waals surface area contributed by atoms with Crippen molar-refractivity contribution in [2.45, 2.75) is 37.3 Å². The summed E-state index contributed by atoms with van der Waals surface area (Å²) in [5.41, 5.74) is 0.827. The molecule has 8 heteroatoms. The number of fused-ring (bicyclic) bond motifs is 1. The van der Waals surface area contributed by atoms with Crippen LogP contribution in [-0.2, 0) is 19.1 Å². The highest BCUT2D eigenvalue weighted by atomic mass is 19.1. The largest absolute Gasteiger partial charge is 0.481 e. The predicted octanol–water partition coefficient (Wildman–Crippen LogP) is 1.34. The van der Waals surface area contributed by atoms with E-state index in [0.717, 1.165) is 0 Å². The van der Waals surface area contributed by atoms with E-state index in [1.165, 1.54) is 30.2 Å². The van der Waals surface area contributed by atoms with Crippen LogP contribution < -0.4 is 5.32 Å². The summed E-state index contributed by atoms with van der Waals surface area (Å²) >= 11 is 0. The molecule has 1 fully saturated rings. The first kappa shape index (κ1) is 17.3. The number of nitrogens with one attached hydrogen (secondary N) is 1. The fraction of sp³-hybridized carbons (Fsp3) is 0.471. The van der Waals surface area contributed by atoms with Crippen molar-refractivity contribution in [1.82, 2.24) is 4.90 Å². The lowest BCUT2D eigenvalue weighted by molar-refractivity contribution is -0.141. The number of anilines is 1. The molecule has 0 radical (unpaired) electrons. The van der Waals surface area contributed by atoms with Gasteiger partial charge in [-0.1, -0.05) is 6.07 Å². The van der Waals surface area contributed by atoms with Gasteiger partial charge in [0.1, 0.15) is 5.82 Å². The molecule has 25 heavy (non-hydrogen) atoms. The third-order valence-corrected chi connectivity index (χ3v) is 4.76. The second-order valence-electron chi connectivity index (χ2n) is 6.37. The van der Waals surface area contributed by atoms with Crippen LogP contribution in [0.15, 0.2) is 18.2 Å². The average molecular weight is 350 g/mol. The number of carboxylic acids is 1. The lowest BCUT2D eigenvalue weighted by Crippen LogP contribution is -2.42. The van der Waals surface area contributed by atoms with Crippen LogP contribution in [-0.4, -0.2) is 53.6 Å². The molecule has 134 valence electrons. The van der Waals surface area contributed by atoms with Crippen molar-refractivity contribution in [2.75, 3.05) is 19.0 Å². The number of carbonyl (C=O) groups is 3. The van der Waals surface area contributed by atoms with Gasteiger partial charge in [0.05, 0.1) is 18.4 Å². The lowest BCUT2D eigenvalue weighted by atomic mass is 9.89. The van der Waals surface area contributed by atoms with Crippen molar-refractivity contribution >= 4 is 23.5 Å². The second kappa shape index (κ2) is 6.79. The van der Waals surface area contributed by atoms with Gasteiger partial charge in [0.2, 0.25) is 11.8 Å². The van der Waals surface area contributed by atoms with E-state index in [0.29, 0.717) is 12.0 Å². The number of halogens is 1. The van der Waals surface area contributed by atoms with E-state index in [9.17, 15) is 18.8 Å². The van der Waals surface area contributed by atoms with Crippen LogP contribution in [0, 0.1) is 5.82 Å². The lowest BCUT2D eigenvalue weighted by Gasteiger charge is -2.31. The second-order valence-corrected chi connectivity index (χ2v) is 6.37. The first-order valence-electron chi connectivity index (χ1n) is 8.03. The first-order chi connectivity index (χ1) is 11.9. The number of rotatable bonds is 4. The highest BCUT2D eigenvalue weighted by molar-refractivity contribution is 6.01. The Morgan fingerprint density at radius 3 is 2.88 bits per heavy atom. The third-order valence-electron chi connectivity index (χ3n) is 4.76. The molecule has 1 saturated heterocycles. The fourth-order valence-electron chi connectivity index (χ4n) is 3.57. The van der Waals surface area contributed by atoms with E-state index in [-0.39, 0.29) is 43.0 Å². The van der Waals surface area contributed by atoms with Crippen molar-refractivity contribution in [3.8, 4) is 0 Å². The minimum absolute atomic E-state index is 0.0502. The van der Waals surface area contributed by atoms with Crippen LogP contribution in [0.5, 0.6) is 0 Å². The maximum absolute atomic E-state index is 13.4. The monoisotopic (exact) mass is 350 g/mol. The van der Waals surface area contributed by atoms with Crippen LogP contribution in [0.3, 0.4) is 0 Å². The maximum atomic E-state index is 13.4. The molecule has 0 spiro atoms. The van der Waals surface area contributed by atoms with Crippen molar-refractivity contribution in [1.29, 1.82) is 0 Å². The molecule has 2 aliphatic heterocycles. The molecule has 2 heterocycles. The number of hydrogen-bond donors (Lipinski definition) is 2. The van der Waals surface area contributed by atoms with Crippen molar-refractivity contribution in [3.05, 3.63) is 29.6 Å². The standard InChI is InChI=1S/C17H19FN2O5/c1-25-11-5-10(6-16(22)23)20(8-11)17(24)13-7-15(21)19-14-4-9(18)2-3-12(13)14/h2-4,10-11,13H,5-8H2,1H3,(H,19,21)(H,22,23). The van der Waals surface area contributed by atoms with E-state index in [1.54, 1.807) is 0 Å². The average Bonchev–Trinajstić information content (AvgIpc) is 2.95. The number of hydrogen-bond acceptors (Lipinski definition) is 4. The summed E-state index contributed by atoms with van der Waals surface area (Å²) in [6.45, 7) is 0.280. The van der Waals surface area contributed by atoms with Crippen molar-refractivity contribution in [3.63, 3.8) is 0 Å². The molecule has 2 aliphatic rings. The number of amides is 2. The highest BCUT2D eigenvalue weighted by Crippen LogP contribution is 2.36. The molecule has 2 amide bonds. The topological polar surface area (TPSA) is 95.9 Å². The molecule has 0 saturated carbocycles. The molecule has 3 rings (SSSR count). The Kier molecular flexibility index (Phi) is 4.71. The molecular formula is C17H19FN2O5. The Morgan fingerprint density at radius 1 is 1.44 bits per heavy atom. The number of carbonyl (C=O) groups excluding carboxylic acids is 2. The number of nitrogens with zero attached hydrogens (tertiary/aromatic N) is 1. The van der Waals surface area contributed by atoms with Gasteiger partial charge in [-0.2, -0.15) is 0 Å². The van der Waals surface area contributed by atoms with Crippen LogP contribution in [0.25, 0.3) is 0 Å². The molecule has 3 unspecified atom stereocenters. The maximum Gasteiger partial charge on any atom is 0.305 e. The van der Waals surface area contributed by atoms with Gasteiger partial charge in [-0.15, -0.1) is 0 Å². The smallest absolute Gasteiger partial charge is 0.305 e. The Labute approximate surface area is 143 Å². The van der Waals surface area contributed by atoms with E-state index >= 15 is 0 Å². The Hall–Kier alpha value is -2.48. The van der Waals surface area contributed by atoms with Gasteiger partial charge in [-0.3, -0.25) is 14.4 Å². The van der Waals surface area contributed by atoms with Crippen LogP contribution in [0.4, 0.5) is 10.1 Å². The number of aliphatic carboxylic acids is 1. The molecule has 2 N–H and O–H groups in total. The Balaban J connectivity index is 1.89. The van der Waals surface area contributed by atoms with Gasteiger partial charge in [0, 0.05) is 31.8 Å². The quantitative estimate of drug-likeness (QED) is 0.854. The van der Waals surface area contributed by atoms with Gasteiger partial charge < -0.3 is 20.1 Å². The first-order valence-corrected chi connectivity index (χ1v) is 8.03. The summed E-state index contributed by atoms with van der Waals surface area (Å²) < 4.78 is 18.7. The van der Waals surface area contributed by atoms with Crippen molar-refractivity contribution < 1.29 is 28.6 Å². The molecule has 1 aromatic carbocycles. The summed E-state index contributed by atoms with van der Waals surface area (Å²) in [6, 6.07) is 3.43. The van der Waals surface area contributed by atoms with Gasteiger partial charge >= 0.3 is 5.97 Å². The number of likely N-dealkylation sites (tertiary alicyclic amines) is 1. The zero-order chi connectivity index (χ0) is 18.1. The SMILES string of the molecule is COC1CC(CC(=O)O)N(C(=O)C2CC(=O)Nc3cc(F)ccc32)C1. The molecule has 1 aromatic rings. The molecule has 0 aliphatic carbocycles. The molecule has 3 atom stereocenters. The normalized spacial score (nSPS) is 25.4. The Bertz CT molecular complexity index is 723. The highest BCUT2D eigenvalue weighted by Gasteiger charge is 2.41. The predicted molar refractivity (Wildman–Crippen MR) is 85.6 cm³/mol. The molecule has 0 aromatic heterocycles. The minimum atomic E-state index is -0.997. The van der Waals surface area contributed by atoms with E-state index in [2.05, 4.69) is 5.32 Å². The molecule has 7 nitrogen and oxygen atoms in total. The molecule has 0 bridgehead atoms. The number of benzene rings is 1. The summed E-state index contributed by atoms with van der Waals surface area (Å²) in [5, 5.41) is 11.7. The zero-order valence-corrected chi connectivity index (χ0v) is 13.7. The van der Waals surface area contributed by atoms with E-state index < -0.39 is 23.7 Å². The van der Waals surface area contributed by atoms with Gasteiger partial charge in [0.15, 0.2) is 0 Å². The number of ether oxygens (including phenoxy) is 1. The third kappa shape index (κ3) is 3.48. The Morgan fingerprint density at radius 2 is 2.20 bits per heavy atom. The zero-order valence-electron chi connectivity index (χ0n) is 13.7. The van der Waals surface area contributed by atoms with Gasteiger partial charge in [-0.25, -0.2) is 4.39 Å². The fourth-order valence-corrected chi connectivity index (χ4v) is 3.57. The van der Waals surface area contributed by atoms with E-state index in [4.69, 9.17) is 9.84 Å². The minimum Gasteiger partial charge on any atom is -0.481 e. The summed E-state index contributed by atoms with van der Waals surface area (Å²) in [7, 11) is 1.52. The van der Waals surface area contributed by atoms with Crippen molar-refractivity contribution in [2.24, 2.45) is 0 Å². The number of carboxylic acid groups (broad SMARTS) is 1. The summed E-state index contributed by atoms with van der Waals surface area (Å²) in [4.78, 5) is 37.6. The van der Waals surface area contributed by atoms with Crippen LogP contribution in [0.1, 0.15) is 30.7 Å². The van der Waals surface area contributed by atoms with Crippen LogP contribution in [0.2, 0.25) is 0 Å². The summed E-state index contributed by atoms with van der Waals surface area (Å²) in [6.07, 6.45) is -0.0333. The summed E-state index contributed by atoms with van der Waals surface area (Å²) in [5.74, 6) is -2.95.